The molecule has 2 heteroatoms. The topological polar surface area (TPSA) is 8.17 Å². The quantitative estimate of drug-likeness (QED) is 0.720. The van der Waals surface area contributed by atoms with Crippen molar-refractivity contribution in [3.63, 3.8) is 0 Å². The third-order valence-corrected chi connectivity index (χ3v) is 5.72. The van der Waals surface area contributed by atoms with Gasteiger partial charge in [0.05, 0.1) is 0 Å². The van der Waals surface area contributed by atoms with Crippen molar-refractivity contribution in [2.75, 3.05) is 4.90 Å². The van der Waals surface area contributed by atoms with Crippen molar-refractivity contribution < 1.29 is 0 Å². The molecule has 2 heterocycles. The van der Waals surface area contributed by atoms with E-state index in [0.717, 1.165) is 5.92 Å². The van der Waals surface area contributed by atoms with Crippen LogP contribution in [0.25, 0.3) is 0 Å². The fraction of sp³-hybridized carbons (Fsp3) is 0.733. The van der Waals surface area contributed by atoms with Crippen molar-refractivity contribution in [3.8, 4) is 0 Å². The third kappa shape index (κ3) is 1.22. The lowest BCUT2D eigenvalue weighted by molar-refractivity contribution is 0.199. The highest BCUT2D eigenvalue weighted by atomic mass is 15.3. The summed E-state index contributed by atoms with van der Waals surface area (Å²) in [4.78, 5) is 2.67. The number of aromatic nitrogens is 1. The summed E-state index contributed by atoms with van der Waals surface area (Å²) in [6.07, 6.45) is 4.83. The van der Waals surface area contributed by atoms with Crippen molar-refractivity contribution >= 4 is 5.82 Å². The van der Waals surface area contributed by atoms with Gasteiger partial charge in [-0.05, 0) is 50.2 Å². The number of nitrogens with zero attached hydrogens (tertiary/aromatic N) is 2. The molecule has 0 spiro atoms. The lowest BCUT2D eigenvalue weighted by Crippen LogP contribution is -2.51. The van der Waals surface area contributed by atoms with Gasteiger partial charge < -0.3 is 9.47 Å². The number of anilines is 1. The van der Waals surface area contributed by atoms with Gasteiger partial charge in [0, 0.05) is 24.8 Å². The van der Waals surface area contributed by atoms with Crippen LogP contribution in [-0.4, -0.2) is 16.1 Å². The Morgan fingerprint density at radius 2 is 2.00 bits per heavy atom. The molecular weight excluding hydrogens is 208 g/mol. The fourth-order valence-electron chi connectivity index (χ4n) is 4.64. The molecule has 3 rings (SSSR count). The number of rotatable bonds is 1. The minimum absolute atomic E-state index is 0.361. The van der Waals surface area contributed by atoms with Crippen LogP contribution in [0.3, 0.4) is 0 Å². The Balaban J connectivity index is 2.07. The van der Waals surface area contributed by atoms with Crippen molar-refractivity contribution in [2.24, 2.45) is 18.4 Å². The number of piperidine rings is 1. The van der Waals surface area contributed by atoms with Gasteiger partial charge in [0.15, 0.2) is 0 Å². The second-order valence-corrected chi connectivity index (χ2v) is 6.81. The Bertz CT molecular complexity index is 450. The van der Waals surface area contributed by atoms with E-state index in [0.29, 0.717) is 17.0 Å². The van der Waals surface area contributed by atoms with Gasteiger partial charge in [0.2, 0.25) is 0 Å². The summed E-state index contributed by atoms with van der Waals surface area (Å²) in [5.74, 6) is 2.23. The van der Waals surface area contributed by atoms with Crippen LogP contribution in [0.15, 0.2) is 18.3 Å². The van der Waals surface area contributed by atoms with Crippen molar-refractivity contribution in [2.45, 2.75) is 52.1 Å². The van der Waals surface area contributed by atoms with Gasteiger partial charge >= 0.3 is 0 Å². The molecule has 1 aromatic heterocycles. The highest BCUT2D eigenvalue weighted by Gasteiger charge is 2.62. The highest BCUT2D eigenvalue weighted by Crippen LogP contribution is 2.61. The van der Waals surface area contributed by atoms with E-state index in [9.17, 15) is 0 Å². The average Bonchev–Trinajstić information content (AvgIpc) is 2.77. The summed E-state index contributed by atoms with van der Waals surface area (Å²) >= 11 is 0. The van der Waals surface area contributed by atoms with E-state index in [-0.39, 0.29) is 0 Å². The molecule has 94 valence electrons. The fourth-order valence-corrected chi connectivity index (χ4v) is 4.64. The Hall–Kier alpha value is -0.920. The van der Waals surface area contributed by atoms with Crippen LogP contribution in [0.4, 0.5) is 5.82 Å². The second-order valence-electron chi connectivity index (χ2n) is 6.81. The molecule has 4 atom stereocenters. The first kappa shape index (κ1) is 11.2. The van der Waals surface area contributed by atoms with Crippen LogP contribution in [0.2, 0.25) is 0 Å². The van der Waals surface area contributed by atoms with E-state index in [1.54, 1.807) is 0 Å². The second kappa shape index (κ2) is 3.09. The molecule has 17 heavy (non-hydrogen) atoms. The molecule has 0 amide bonds. The Morgan fingerprint density at radius 3 is 2.47 bits per heavy atom. The predicted molar refractivity (Wildman–Crippen MR) is 72.3 cm³/mol. The van der Waals surface area contributed by atoms with Gasteiger partial charge in [-0.15, -0.1) is 0 Å². The summed E-state index contributed by atoms with van der Waals surface area (Å²) in [6, 6.07) is 5.06. The Labute approximate surface area is 105 Å². The lowest BCUT2D eigenvalue weighted by Gasteiger charge is -2.46. The number of hydrogen-bond acceptors (Lipinski definition) is 1. The van der Waals surface area contributed by atoms with E-state index in [2.05, 4.69) is 62.5 Å². The summed E-state index contributed by atoms with van der Waals surface area (Å²) in [5.41, 5.74) is 0.846. The zero-order valence-electron chi connectivity index (χ0n) is 11.7. The van der Waals surface area contributed by atoms with Crippen LogP contribution in [0, 0.1) is 11.3 Å². The molecular formula is C15H24N2. The monoisotopic (exact) mass is 232 g/mol. The van der Waals surface area contributed by atoms with E-state index in [1.165, 1.54) is 18.7 Å². The normalized spacial score (nSPS) is 44.6. The Kier molecular flexibility index (Phi) is 2.04. The van der Waals surface area contributed by atoms with Crippen LogP contribution in [0.1, 0.15) is 40.5 Å². The molecule has 4 unspecified atom stereocenters. The van der Waals surface area contributed by atoms with E-state index >= 15 is 0 Å². The van der Waals surface area contributed by atoms with Gasteiger partial charge in [-0.25, -0.2) is 0 Å². The van der Waals surface area contributed by atoms with Crippen molar-refractivity contribution in [1.29, 1.82) is 0 Å². The predicted octanol–water partition coefficient (Wildman–Crippen LogP) is 3.43. The summed E-state index contributed by atoms with van der Waals surface area (Å²) in [7, 11) is 2.16. The first-order chi connectivity index (χ1) is 7.88. The maximum Gasteiger partial charge on any atom is 0.108 e. The molecule has 2 aliphatic rings. The lowest BCUT2D eigenvalue weighted by atomic mass is 9.75. The molecule has 1 saturated heterocycles. The maximum absolute atomic E-state index is 2.67. The molecule has 1 saturated carbocycles. The first-order valence-corrected chi connectivity index (χ1v) is 6.79. The minimum Gasteiger partial charge on any atom is -0.349 e. The van der Waals surface area contributed by atoms with Gasteiger partial charge in [-0.1, -0.05) is 13.8 Å². The number of hydrogen-bond donors (Lipinski definition) is 0. The standard InChI is InChI=1S/C15H24N2/c1-11-9-14(3)10-15(11,4)12(2)17(14)13-7-6-8-16(13)5/h6-8,11-12H,9-10H2,1-5H3. The van der Waals surface area contributed by atoms with Gasteiger partial charge in [0.1, 0.15) is 5.82 Å². The van der Waals surface area contributed by atoms with Crippen LogP contribution in [-0.2, 0) is 7.05 Å². The smallest absolute Gasteiger partial charge is 0.108 e. The van der Waals surface area contributed by atoms with Crippen LogP contribution in [0.5, 0.6) is 0 Å². The van der Waals surface area contributed by atoms with Crippen LogP contribution >= 0.6 is 0 Å². The molecule has 2 nitrogen and oxygen atoms in total. The number of fused-ring (bicyclic) bond motifs is 2. The highest BCUT2D eigenvalue weighted by molar-refractivity contribution is 5.50. The maximum atomic E-state index is 2.67. The van der Waals surface area contributed by atoms with E-state index in [4.69, 9.17) is 0 Å². The summed E-state index contributed by atoms with van der Waals surface area (Å²) in [5, 5.41) is 0. The largest absolute Gasteiger partial charge is 0.349 e. The van der Waals surface area contributed by atoms with E-state index in [1.807, 2.05) is 0 Å². The van der Waals surface area contributed by atoms with E-state index < -0.39 is 0 Å². The van der Waals surface area contributed by atoms with Crippen molar-refractivity contribution in [3.05, 3.63) is 18.3 Å². The third-order valence-electron chi connectivity index (χ3n) is 5.72. The Morgan fingerprint density at radius 1 is 1.29 bits per heavy atom. The molecule has 0 N–H and O–H groups in total. The number of aryl methyl sites for hydroxylation is 1. The average molecular weight is 232 g/mol. The molecule has 1 aliphatic heterocycles. The SMILES string of the molecule is CC1CC2(C)CC1(C)C(C)N2c1cccn1C. The van der Waals surface area contributed by atoms with Crippen LogP contribution < -0.4 is 4.90 Å². The van der Waals surface area contributed by atoms with Gasteiger partial charge in [-0.3, -0.25) is 0 Å². The van der Waals surface area contributed by atoms with Crippen molar-refractivity contribution in [1.82, 2.24) is 4.57 Å². The molecule has 1 aliphatic carbocycles. The molecule has 0 radical (unpaired) electrons. The minimum atomic E-state index is 0.361. The van der Waals surface area contributed by atoms with Gasteiger partial charge in [0.25, 0.3) is 0 Å². The molecule has 2 bridgehead atoms. The van der Waals surface area contributed by atoms with Gasteiger partial charge in [-0.2, -0.15) is 0 Å². The zero-order valence-corrected chi connectivity index (χ0v) is 11.7. The molecule has 1 aromatic rings. The first-order valence-electron chi connectivity index (χ1n) is 6.79. The zero-order chi connectivity index (χ0) is 12.4. The summed E-state index contributed by atoms with van der Waals surface area (Å²) in [6.45, 7) is 9.78. The molecule has 2 fully saturated rings. The molecule has 0 aromatic carbocycles. The summed E-state index contributed by atoms with van der Waals surface area (Å²) < 4.78 is 2.26.